The maximum atomic E-state index is 14.2. The third-order valence-electron chi connectivity index (χ3n) is 6.65. The van der Waals surface area contributed by atoms with Gasteiger partial charge in [0.15, 0.2) is 0 Å². The van der Waals surface area contributed by atoms with E-state index in [1.807, 2.05) is 25.3 Å². The van der Waals surface area contributed by atoms with E-state index in [-0.39, 0.29) is 28.4 Å². The second-order valence-corrected chi connectivity index (χ2v) is 13.5. The average molecular weight is 562 g/mol. The number of nitrogens with two attached hydrogens (primary N) is 1. The Hall–Kier alpha value is -2.90. The predicted octanol–water partition coefficient (Wildman–Crippen LogP) is 3.15. The number of carbonyl (C=O) groups excluding carboxylic acids is 2. The number of anilines is 1. The van der Waals surface area contributed by atoms with Crippen LogP contribution in [0, 0.1) is 27.7 Å². The van der Waals surface area contributed by atoms with Gasteiger partial charge in [-0.2, -0.15) is 4.31 Å². The number of nitrogens with zero attached hydrogens (tertiary/aromatic N) is 2. The normalized spacial score (nSPS) is 16.7. The lowest BCUT2D eigenvalue weighted by Crippen LogP contribution is -2.45. The molecule has 9 nitrogen and oxygen atoms in total. The minimum absolute atomic E-state index is 0.0756. The molecule has 1 aromatic heterocycles. The summed E-state index contributed by atoms with van der Waals surface area (Å²) < 4.78 is 52.7. The quantitative estimate of drug-likeness (QED) is 0.440. The van der Waals surface area contributed by atoms with Crippen LogP contribution in [0.15, 0.2) is 57.6 Å². The number of hydrogen-bond donors (Lipinski definition) is 1. The first-order valence-corrected chi connectivity index (χ1v) is 15.2. The molecular weight excluding hydrogens is 534 g/mol. The van der Waals surface area contributed by atoms with Gasteiger partial charge in [0.25, 0.3) is 5.91 Å². The molecule has 1 unspecified atom stereocenters. The molecule has 2 amide bonds. The van der Waals surface area contributed by atoms with Gasteiger partial charge in [-0.25, -0.2) is 26.9 Å². The third kappa shape index (κ3) is 4.99. The molecule has 2 heterocycles. The van der Waals surface area contributed by atoms with Gasteiger partial charge in [0.1, 0.15) is 6.04 Å². The van der Waals surface area contributed by atoms with Crippen molar-refractivity contribution in [1.82, 2.24) is 4.31 Å². The zero-order valence-corrected chi connectivity index (χ0v) is 23.2. The molecule has 37 heavy (non-hydrogen) atoms. The van der Waals surface area contributed by atoms with Crippen LogP contribution in [0.4, 0.5) is 5.69 Å². The number of primary sulfonamides is 1. The molecule has 1 atom stereocenters. The summed E-state index contributed by atoms with van der Waals surface area (Å²) in [6, 6.07) is 9.21. The van der Waals surface area contributed by atoms with Crippen molar-refractivity contribution in [1.29, 1.82) is 0 Å². The molecule has 2 N–H and O–H groups in total. The van der Waals surface area contributed by atoms with Crippen molar-refractivity contribution < 1.29 is 26.4 Å². The van der Waals surface area contributed by atoms with Crippen molar-refractivity contribution in [2.24, 2.45) is 5.14 Å². The van der Waals surface area contributed by atoms with Crippen LogP contribution in [0.25, 0.3) is 0 Å². The number of thiophene rings is 1. The summed E-state index contributed by atoms with van der Waals surface area (Å²) in [5.74, 6) is -1.29. The molecule has 0 spiro atoms. The SMILES string of the molecule is Cc1cc(C)c(C)c(S(=O)(=O)N(Cc2cccs2)C2CC(=O)N(c3ccc(S(N)(=O)=O)cc3)C2=O)c1C. The second kappa shape index (κ2) is 9.76. The Labute approximate surface area is 220 Å². The fraction of sp³-hybridized carbons (Fsp3) is 0.280. The Balaban J connectivity index is 1.80. The van der Waals surface area contributed by atoms with Gasteiger partial charge < -0.3 is 0 Å². The number of rotatable bonds is 7. The highest BCUT2D eigenvalue weighted by Gasteiger charge is 2.47. The second-order valence-electron chi connectivity index (χ2n) is 9.05. The fourth-order valence-corrected chi connectivity index (χ4v) is 7.94. The van der Waals surface area contributed by atoms with E-state index in [2.05, 4.69) is 0 Å². The summed E-state index contributed by atoms with van der Waals surface area (Å²) >= 11 is 1.35. The third-order valence-corrected chi connectivity index (χ3v) is 10.6. The van der Waals surface area contributed by atoms with Crippen LogP contribution in [0.3, 0.4) is 0 Å². The first-order valence-electron chi connectivity index (χ1n) is 11.3. The van der Waals surface area contributed by atoms with E-state index >= 15 is 0 Å². The molecule has 3 aromatic rings. The highest BCUT2D eigenvalue weighted by atomic mass is 32.2. The number of benzene rings is 2. The van der Waals surface area contributed by atoms with Gasteiger partial charge >= 0.3 is 0 Å². The minimum atomic E-state index is -4.21. The molecule has 0 aliphatic carbocycles. The Morgan fingerprint density at radius 2 is 1.57 bits per heavy atom. The zero-order valence-electron chi connectivity index (χ0n) is 20.8. The smallest absolute Gasteiger partial charge is 0.252 e. The first kappa shape index (κ1) is 27.1. The summed E-state index contributed by atoms with van der Waals surface area (Å²) in [4.78, 5) is 28.2. The number of carbonyl (C=O) groups is 2. The van der Waals surface area contributed by atoms with E-state index < -0.39 is 37.9 Å². The Morgan fingerprint density at radius 1 is 0.973 bits per heavy atom. The molecule has 2 aromatic carbocycles. The molecule has 0 saturated carbocycles. The molecule has 0 radical (unpaired) electrons. The van der Waals surface area contributed by atoms with Crippen LogP contribution in [0.2, 0.25) is 0 Å². The number of aryl methyl sites for hydroxylation is 2. The van der Waals surface area contributed by atoms with Crippen LogP contribution in [-0.2, 0) is 36.2 Å². The lowest BCUT2D eigenvalue weighted by Gasteiger charge is -2.28. The van der Waals surface area contributed by atoms with Crippen molar-refractivity contribution in [2.75, 3.05) is 4.90 Å². The summed E-state index contributed by atoms with van der Waals surface area (Å²) in [6.45, 7) is 7.06. The predicted molar refractivity (Wildman–Crippen MR) is 141 cm³/mol. The molecule has 1 aliphatic heterocycles. The largest absolute Gasteiger partial charge is 0.274 e. The topological polar surface area (TPSA) is 135 Å². The summed E-state index contributed by atoms with van der Waals surface area (Å²) in [5.41, 5.74) is 2.93. The molecule has 196 valence electrons. The standard InChI is InChI=1S/C25H27N3O6S3/c1-15-12-16(2)18(4)24(17(15)3)37(33,34)27(14-20-6-5-11-35-20)22-13-23(29)28(25(22)30)19-7-9-21(10-8-19)36(26,31)32/h5-12,22H,13-14H2,1-4H3,(H2,26,31,32). The van der Waals surface area contributed by atoms with Crippen LogP contribution < -0.4 is 10.0 Å². The molecular formula is C25H27N3O6S3. The molecule has 1 aliphatic rings. The minimum Gasteiger partial charge on any atom is -0.274 e. The van der Waals surface area contributed by atoms with Crippen LogP contribution in [0.5, 0.6) is 0 Å². The summed E-state index contributed by atoms with van der Waals surface area (Å²) in [7, 11) is -8.17. The number of hydrogen-bond acceptors (Lipinski definition) is 7. The van der Waals surface area contributed by atoms with Crippen molar-refractivity contribution in [3.8, 4) is 0 Å². The fourth-order valence-electron chi connectivity index (χ4n) is 4.50. The lowest BCUT2D eigenvalue weighted by molar-refractivity contribution is -0.122. The Morgan fingerprint density at radius 3 is 2.08 bits per heavy atom. The van der Waals surface area contributed by atoms with Gasteiger partial charge in [-0.1, -0.05) is 12.1 Å². The van der Waals surface area contributed by atoms with Crippen molar-refractivity contribution in [2.45, 2.75) is 56.5 Å². The Kier molecular flexibility index (Phi) is 7.16. The van der Waals surface area contributed by atoms with Crippen molar-refractivity contribution >= 4 is 48.9 Å². The van der Waals surface area contributed by atoms with Gasteiger partial charge in [-0.05, 0) is 85.7 Å². The van der Waals surface area contributed by atoms with Gasteiger partial charge in [0.05, 0.1) is 21.9 Å². The van der Waals surface area contributed by atoms with Crippen molar-refractivity contribution in [3.63, 3.8) is 0 Å². The molecule has 1 saturated heterocycles. The van der Waals surface area contributed by atoms with E-state index in [0.29, 0.717) is 11.1 Å². The zero-order chi connectivity index (χ0) is 27.3. The number of sulfonamides is 2. The maximum absolute atomic E-state index is 14.2. The van der Waals surface area contributed by atoms with Gasteiger partial charge in [0.2, 0.25) is 26.0 Å². The highest BCUT2D eigenvalue weighted by Crippen LogP contribution is 2.35. The lowest BCUT2D eigenvalue weighted by atomic mass is 10.0. The Bertz CT molecular complexity index is 1570. The summed E-state index contributed by atoms with van der Waals surface area (Å²) in [5, 5.41) is 6.96. The van der Waals surface area contributed by atoms with Crippen LogP contribution in [-0.4, -0.2) is 39.0 Å². The average Bonchev–Trinajstić information content (AvgIpc) is 3.43. The van der Waals surface area contributed by atoms with E-state index in [0.717, 1.165) is 25.2 Å². The van der Waals surface area contributed by atoms with Crippen LogP contribution in [0.1, 0.15) is 33.6 Å². The van der Waals surface area contributed by atoms with E-state index in [4.69, 9.17) is 5.14 Å². The molecule has 4 rings (SSSR count). The van der Waals surface area contributed by atoms with E-state index in [1.54, 1.807) is 26.0 Å². The first-order chi connectivity index (χ1) is 17.2. The molecule has 12 heteroatoms. The van der Waals surface area contributed by atoms with Gasteiger partial charge in [-0.3, -0.25) is 9.59 Å². The number of amides is 2. The highest BCUT2D eigenvalue weighted by molar-refractivity contribution is 7.89. The van der Waals surface area contributed by atoms with E-state index in [9.17, 15) is 26.4 Å². The summed E-state index contributed by atoms with van der Waals surface area (Å²) in [6.07, 6.45) is -0.344. The van der Waals surface area contributed by atoms with Gasteiger partial charge in [-0.15, -0.1) is 11.3 Å². The molecule has 0 bridgehead atoms. The van der Waals surface area contributed by atoms with E-state index in [1.165, 1.54) is 35.6 Å². The van der Waals surface area contributed by atoms with Crippen LogP contribution >= 0.6 is 11.3 Å². The monoisotopic (exact) mass is 561 g/mol. The van der Waals surface area contributed by atoms with Gasteiger partial charge in [0, 0.05) is 11.4 Å². The molecule has 1 fully saturated rings. The number of imide groups is 1. The maximum Gasteiger partial charge on any atom is 0.252 e. The van der Waals surface area contributed by atoms with Crippen molar-refractivity contribution in [3.05, 3.63) is 75.0 Å².